The second-order valence-corrected chi connectivity index (χ2v) is 4.41. The number of carbonyl (C=O) groups excluding carboxylic acids is 1. The molecule has 6 heteroatoms. The molecule has 2 rings (SSSR count). The molecule has 0 aromatic heterocycles. The van der Waals surface area contributed by atoms with Crippen LogP contribution in [0.25, 0.3) is 0 Å². The molecule has 112 valence electrons. The van der Waals surface area contributed by atoms with Crippen LogP contribution in [0.5, 0.6) is 0 Å². The van der Waals surface area contributed by atoms with E-state index in [2.05, 4.69) is 11.2 Å². The van der Waals surface area contributed by atoms with Gasteiger partial charge in [-0.3, -0.25) is 4.79 Å². The molecule has 0 aliphatic carbocycles. The molecular formula is C16H9F4NO. The first-order chi connectivity index (χ1) is 10.3. The molecule has 1 N–H and O–H groups in total. The molecule has 0 spiro atoms. The van der Waals surface area contributed by atoms with Gasteiger partial charge in [0.1, 0.15) is 5.82 Å². The molecule has 0 aliphatic heterocycles. The van der Waals surface area contributed by atoms with E-state index < -0.39 is 29.0 Å². The molecule has 1 amide bonds. The number of nitrogens with one attached hydrogen (secondary N) is 1. The highest BCUT2D eigenvalue weighted by atomic mass is 19.4. The number of amides is 1. The number of terminal acetylenes is 1. The zero-order valence-corrected chi connectivity index (χ0v) is 11.0. The van der Waals surface area contributed by atoms with E-state index in [0.717, 1.165) is 6.07 Å². The van der Waals surface area contributed by atoms with E-state index in [1.165, 1.54) is 12.1 Å². The average Bonchev–Trinajstić information content (AvgIpc) is 2.46. The molecule has 0 heterocycles. The van der Waals surface area contributed by atoms with Crippen molar-refractivity contribution in [2.45, 2.75) is 6.18 Å². The monoisotopic (exact) mass is 307 g/mol. The molecule has 0 unspecified atom stereocenters. The number of alkyl halides is 3. The zero-order valence-electron chi connectivity index (χ0n) is 11.0. The fraction of sp³-hybridized carbons (Fsp3) is 0.0625. The fourth-order valence-corrected chi connectivity index (χ4v) is 1.77. The first kappa shape index (κ1) is 15.6. The van der Waals surface area contributed by atoms with Gasteiger partial charge in [-0.1, -0.05) is 12.0 Å². The molecule has 0 bridgehead atoms. The van der Waals surface area contributed by atoms with Crippen LogP contribution in [-0.4, -0.2) is 5.91 Å². The fourth-order valence-electron chi connectivity index (χ4n) is 1.77. The summed E-state index contributed by atoms with van der Waals surface area (Å²) in [7, 11) is 0. The van der Waals surface area contributed by atoms with Crippen LogP contribution in [0, 0.1) is 18.2 Å². The largest absolute Gasteiger partial charge is 0.416 e. The summed E-state index contributed by atoms with van der Waals surface area (Å²) < 4.78 is 51.1. The van der Waals surface area contributed by atoms with Crippen molar-refractivity contribution >= 4 is 11.6 Å². The lowest BCUT2D eigenvalue weighted by Gasteiger charge is -2.10. The molecule has 2 aromatic carbocycles. The van der Waals surface area contributed by atoms with Crippen molar-refractivity contribution in [2.24, 2.45) is 0 Å². The smallest absolute Gasteiger partial charge is 0.322 e. The highest BCUT2D eigenvalue weighted by Gasteiger charge is 2.32. The molecule has 0 saturated carbocycles. The highest BCUT2D eigenvalue weighted by molar-refractivity contribution is 6.04. The lowest BCUT2D eigenvalue weighted by molar-refractivity contribution is -0.137. The van der Waals surface area contributed by atoms with Gasteiger partial charge in [-0.2, -0.15) is 13.2 Å². The summed E-state index contributed by atoms with van der Waals surface area (Å²) in [6, 6.07) is 7.84. The van der Waals surface area contributed by atoms with Gasteiger partial charge in [0.2, 0.25) is 0 Å². The summed E-state index contributed by atoms with van der Waals surface area (Å²) in [6.07, 6.45) is 0.475. The number of hydrogen-bond donors (Lipinski definition) is 1. The maximum atomic E-state index is 13.3. The van der Waals surface area contributed by atoms with Crippen LogP contribution < -0.4 is 5.32 Å². The molecule has 2 aromatic rings. The molecule has 0 saturated heterocycles. The number of carbonyl (C=O) groups is 1. The topological polar surface area (TPSA) is 29.1 Å². The Bertz CT molecular complexity index is 759. The van der Waals surface area contributed by atoms with Gasteiger partial charge in [-0.05, 0) is 36.4 Å². The Kier molecular flexibility index (Phi) is 4.18. The predicted molar refractivity (Wildman–Crippen MR) is 73.7 cm³/mol. The van der Waals surface area contributed by atoms with Gasteiger partial charge in [-0.25, -0.2) is 4.39 Å². The Labute approximate surface area is 123 Å². The summed E-state index contributed by atoms with van der Waals surface area (Å²) in [5.74, 6) is 0.355. The van der Waals surface area contributed by atoms with Gasteiger partial charge in [0.15, 0.2) is 0 Å². The molecule has 2 nitrogen and oxygen atoms in total. The van der Waals surface area contributed by atoms with E-state index in [-0.39, 0.29) is 0 Å². The first-order valence-corrected chi connectivity index (χ1v) is 6.05. The standard InChI is InChI=1S/C16H9F4NO/c1-2-10-4-3-5-14(6-10)21-15(22)11-7-12(16(18,19)20)9-13(17)8-11/h1,3-9H,(H,21,22). The normalized spacial score (nSPS) is 10.9. The van der Waals surface area contributed by atoms with E-state index >= 15 is 0 Å². The van der Waals surface area contributed by atoms with Crippen LogP contribution in [0.2, 0.25) is 0 Å². The SMILES string of the molecule is C#Cc1cccc(NC(=O)c2cc(F)cc(C(F)(F)F)c2)c1. The number of rotatable bonds is 2. The van der Waals surface area contributed by atoms with Crippen molar-refractivity contribution in [1.29, 1.82) is 0 Å². The number of anilines is 1. The zero-order chi connectivity index (χ0) is 16.3. The third-order valence-electron chi connectivity index (χ3n) is 2.77. The second-order valence-electron chi connectivity index (χ2n) is 4.41. The molecule has 0 fully saturated rings. The maximum absolute atomic E-state index is 13.3. The third kappa shape index (κ3) is 3.64. The summed E-state index contributed by atoms with van der Waals surface area (Å²) in [5, 5.41) is 2.37. The first-order valence-electron chi connectivity index (χ1n) is 6.05. The molecule has 0 radical (unpaired) electrons. The van der Waals surface area contributed by atoms with Gasteiger partial charge in [-0.15, -0.1) is 6.42 Å². The Balaban J connectivity index is 2.30. The Morgan fingerprint density at radius 3 is 2.50 bits per heavy atom. The van der Waals surface area contributed by atoms with Crippen LogP contribution in [0.1, 0.15) is 21.5 Å². The maximum Gasteiger partial charge on any atom is 0.416 e. The lowest BCUT2D eigenvalue weighted by Crippen LogP contribution is -2.14. The van der Waals surface area contributed by atoms with Crippen LogP contribution in [0.4, 0.5) is 23.2 Å². The molecule has 0 aliphatic rings. The predicted octanol–water partition coefficient (Wildman–Crippen LogP) is 4.08. The summed E-state index contributed by atoms with van der Waals surface area (Å²) >= 11 is 0. The molecule has 22 heavy (non-hydrogen) atoms. The van der Waals surface area contributed by atoms with Gasteiger partial charge >= 0.3 is 6.18 Å². The van der Waals surface area contributed by atoms with E-state index in [1.807, 2.05) is 0 Å². The van der Waals surface area contributed by atoms with E-state index in [0.29, 0.717) is 23.4 Å². The van der Waals surface area contributed by atoms with Crippen LogP contribution >= 0.6 is 0 Å². The molecule has 0 atom stereocenters. The molecular weight excluding hydrogens is 298 g/mol. The van der Waals surface area contributed by atoms with Gasteiger partial charge in [0, 0.05) is 16.8 Å². The minimum absolute atomic E-state index is 0.304. The summed E-state index contributed by atoms with van der Waals surface area (Å²) in [6.45, 7) is 0. The quantitative estimate of drug-likeness (QED) is 0.657. The van der Waals surface area contributed by atoms with Gasteiger partial charge < -0.3 is 5.32 Å². The number of halogens is 4. The number of benzene rings is 2. The van der Waals surface area contributed by atoms with Crippen molar-refractivity contribution in [1.82, 2.24) is 0 Å². The van der Waals surface area contributed by atoms with Gasteiger partial charge in [0.05, 0.1) is 5.56 Å². The third-order valence-corrected chi connectivity index (χ3v) is 2.77. The van der Waals surface area contributed by atoms with Crippen LogP contribution in [-0.2, 0) is 6.18 Å². The Morgan fingerprint density at radius 2 is 1.86 bits per heavy atom. The van der Waals surface area contributed by atoms with Crippen LogP contribution in [0.3, 0.4) is 0 Å². The van der Waals surface area contributed by atoms with Crippen molar-refractivity contribution in [3.05, 3.63) is 65.0 Å². The van der Waals surface area contributed by atoms with E-state index in [1.54, 1.807) is 12.1 Å². The van der Waals surface area contributed by atoms with Crippen molar-refractivity contribution in [3.8, 4) is 12.3 Å². The van der Waals surface area contributed by atoms with Crippen molar-refractivity contribution < 1.29 is 22.4 Å². The highest BCUT2D eigenvalue weighted by Crippen LogP contribution is 2.30. The minimum atomic E-state index is -4.74. The average molecular weight is 307 g/mol. The van der Waals surface area contributed by atoms with Crippen molar-refractivity contribution in [3.63, 3.8) is 0 Å². The van der Waals surface area contributed by atoms with E-state index in [9.17, 15) is 22.4 Å². The Morgan fingerprint density at radius 1 is 1.14 bits per heavy atom. The second kappa shape index (κ2) is 5.90. The summed E-state index contributed by atoms with van der Waals surface area (Å²) in [4.78, 5) is 11.9. The van der Waals surface area contributed by atoms with Crippen molar-refractivity contribution in [2.75, 3.05) is 5.32 Å². The van der Waals surface area contributed by atoms with Gasteiger partial charge in [0.25, 0.3) is 5.91 Å². The van der Waals surface area contributed by atoms with Crippen LogP contribution in [0.15, 0.2) is 42.5 Å². The number of hydrogen-bond acceptors (Lipinski definition) is 1. The Hall–Kier alpha value is -2.81. The van der Waals surface area contributed by atoms with E-state index in [4.69, 9.17) is 6.42 Å². The minimum Gasteiger partial charge on any atom is -0.322 e. The lowest BCUT2D eigenvalue weighted by atomic mass is 10.1. The summed E-state index contributed by atoms with van der Waals surface area (Å²) in [5.41, 5.74) is -0.861.